The molecular formula is C26H33ClN5O2P. The van der Waals surface area contributed by atoms with Crippen LogP contribution < -0.4 is 20.7 Å². The third kappa shape index (κ3) is 6.75. The summed E-state index contributed by atoms with van der Waals surface area (Å²) in [6, 6.07) is 13.7. The van der Waals surface area contributed by atoms with Crippen molar-refractivity contribution in [1.82, 2.24) is 14.9 Å². The molecule has 4 rings (SSSR count). The highest BCUT2D eigenvalue weighted by atomic mass is 35.5. The van der Waals surface area contributed by atoms with Gasteiger partial charge in [-0.05, 0) is 75.5 Å². The molecule has 0 unspecified atom stereocenters. The summed E-state index contributed by atoms with van der Waals surface area (Å²) in [4.78, 5) is 11.4. The first-order valence-corrected chi connectivity index (χ1v) is 14.9. The third-order valence-electron chi connectivity index (χ3n) is 6.16. The zero-order chi connectivity index (χ0) is 24.8. The van der Waals surface area contributed by atoms with Crippen molar-refractivity contribution in [3.63, 3.8) is 0 Å². The van der Waals surface area contributed by atoms with Crippen LogP contribution in [0.15, 0.2) is 48.7 Å². The summed E-state index contributed by atoms with van der Waals surface area (Å²) < 4.78 is 18.4. The minimum absolute atomic E-state index is 0.368. The predicted octanol–water partition coefficient (Wildman–Crippen LogP) is 5.90. The molecule has 7 nitrogen and oxygen atoms in total. The number of likely N-dealkylation sites (tertiary alicyclic amines) is 1. The topological polar surface area (TPSA) is 79.4 Å². The lowest BCUT2D eigenvalue weighted by atomic mass is 10.1. The van der Waals surface area contributed by atoms with E-state index in [1.54, 1.807) is 26.6 Å². The number of nitrogens with one attached hydrogen (secondary N) is 2. The Morgan fingerprint density at radius 3 is 2.57 bits per heavy atom. The SMILES string of the molecule is COc1cc(CCN2CCCCC2)ccc1Nc1ncc(Cl)c(Nc2ccccc2P(C)(C)=O)n1. The number of aromatic nitrogens is 2. The molecule has 0 bridgehead atoms. The van der Waals surface area contributed by atoms with Gasteiger partial charge in [-0.15, -0.1) is 0 Å². The second-order valence-corrected chi connectivity index (χ2v) is 12.8. The predicted molar refractivity (Wildman–Crippen MR) is 146 cm³/mol. The Bertz CT molecular complexity index is 1210. The number of methoxy groups -OCH3 is 1. The summed E-state index contributed by atoms with van der Waals surface area (Å²) in [5.41, 5.74) is 2.72. The highest BCUT2D eigenvalue weighted by Gasteiger charge is 2.17. The number of benzene rings is 2. The van der Waals surface area contributed by atoms with Crippen LogP contribution in [-0.2, 0) is 11.0 Å². The Morgan fingerprint density at radius 1 is 1.06 bits per heavy atom. The monoisotopic (exact) mass is 513 g/mol. The summed E-state index contributed by atoms with van der Waals surface area (Å²) in [5.74, 6) is 1.55. The van der Waals surface area contributed by atoms with Crippen molar-refractivity contribution in [3.05, 3.63) is 59.2 Å². The Morgan fingerprint density at radius 2 is 1.83 bits per heavy atom. The number of halogens is 1. The van der Waals surface area contributed by atoms with E-state index in [0.717, 1.165) is 29.7 Å². The molecule has 0 saturated carbocycles. The molecule has 0 radical (unpaired) electrons. The van der Waals surface area contributed by atoms with Crippen LogP contribution in [0.2, 0.25) is 5.02 Å². The zero-order valence-corrected chi connectivity index (χ0v) is 22.2. The van der Waals surface area contributed by atoms with E-state index < -0.39 is 7.14 Å². The molecule has 1 fully saturated rings. The zero-order valence-electron chi connectivity index (χ0n) is 20.6. The van der Waals surface area contributed by atoms with Gasteiger partial charge in [0.1, 0.15) is 17.9 Å². The van der Waals surface area contributed by atoms with Crippen molar-refractivity contribution < 1.29 is 9.30 Å². The van der Waals surface area contributed by atoms with Crippen LogP contribution in [0, 0.1) is 0 Å². The van der Waals surface area contributed by atoms with Crippen molar-refractivity contribution in [2.45, 2.75) is 25.7 Å². The normalized spacial score (nSPS) is 14.5. The van der Waals surface area contributed by atoms with Gasteiger partial charge in [0.25, 0.3) is 0 Å². The van der Waals surface area contributed by atoms with Crippen LogP contribution in [0.25, 0.3) is 0 Å². The molecule has 35 heavy (non-hydrogen) atoms. The lowest BCUT2D eigenvalue weighted by Gasteiger charge is -2.26. The average molecular weight is 514 g/mol. The van der Waals surface area contributed by atoms with E-state index in [2.05, 4.69) is 37.6 Å². The average Bonchev–Trinajstić information content (AvgIpc) is 2.85. The molecule has 0 atom stereocenters. The van der Waals surface area contributed by atoms with E-state index in [1.807, 2.05) is 30.3 Å². The van der Waals surface area contributed by atoms with Gasteiger partial charge >= 0.3 is 0 Å². The van der Waals surface area contributed by atoms with Crippen LogP contribution >= 0.6 is 18.7 Å². The van der Waals surface area contributed by atoms with E-state index >= 15 is 0 Å². The highest BCUT2D eigenvalue weighted by Crippen LogP contribution is 2.38. The van der Waals surface area contributed by atoms with Gasteiger partial charge < -0.3 is 24.8 Å². The molecule has 186 valence electrons. The smallest absolute Gasteiger partial charge is 0.229 e. The van der Waals surface area contributed by atoms with Gasteiger partial charge in [0, 0.05) is 11.8 Å². The third-order valence-corrected chi connectivity index (χ3v) is 7.99. The number of hydrogen-bond acceptors (Lipinski definition) is 7. The number of hydrogen-bond donors (Lipinski definition) is 2. The van der Waals surface area contributed by atoms with Crippen LogP contribution in [0.3, 0.4) is 0 Å². The lowest BCUT2D eigenvalue weighted by Crippen LogP contribution is -2.31. The molecule has 0 spiro atoms. The van der Waals surface area contributed by atoms with Gasteiger partial charge in [-0.1, -0.05) is 36.2 Å². The summed E-state index contributed by atoms with van der Waals surface area (Å²) in [5, 5.41) is 7.58. The first-order valence-electron chi connectivity index (χ1n) is 11.9. The van der Waals surface area contributed by atoms with Crippen molar-refractivity contribution in [2.24, 2.45) is 0 Å². The number of nitrogens with zero attached hydrogens (tertiary/aromatic N) is 3. The first-order chi connectivity index (χ1) is 16.8. The van der Waals surface area contributed by atoms with Gasteiger partial charge in [-0.2, -0.15) is 4.98 Å². The van der Waals surface area contributed by atoms with E-state index in [4.69, 9.17) is 16.3 Å². The summed E-state index contributed by atoms with van der Waals surface area (Å²) in [6.45, 7) is 6.93. The Hall–Kier alpha value is -2.60. The van der Waals surface area contributed by atoms with Crippen LogP contribution in [0.1, 0.15) is 24.8 Å². The second-order valence-electron chi connectivity index (χ2n) is 9.20. The molecule has 1 aliphatic heterocycles. The molecule has 0 amide bonds. The number of anilines is 4. The molecule has 9 heteroatoms. The van der Waals surface area contributed by atoms with Gasteiger partial charge in [0.05, 0.1) is 24.7 Å². The first kappa shape index (κ1) is 25.5. The van der Waals surface area contributed by atoms with Gasteiger partial charge in [-0.25, -0.2) is 4.98 Å². The van der Waals surface area contributed by atoms with E-state index in [1.165, 1.54) is 37.9 Å². The molecule has 2 N–H and O–H groups in total. The standard InChI is InChI=1S/C26H33ClN5O2P/c1-34-23-17-19(13-16-32-14-7-4-8-15-32)11-12-21(23)30-26-28-18-20(27)25(31-26)29-22-9-5-6-10-24(22)35(2,3)33/h5-6,9-12,17-18H,4,7-8,13-16H2,1-3H3,(H2,28,29,30,31). The molecular weight excluding hydrogens is 481 g/mol. The molecule has 1 aromatic heterocycles. The maximum atomic E-state index is 12.7. The van der Waals surface area contributed by atoms with E-state index in [9.17, 15) is 4.57 Å². The highest BCUT2D eigenvalue weighted by molar-refractivity contribution is 7.70. The molecule has 1 saturated heterocycles. The molecule has 3 aromatic rings. The molecule has 0 aliphatic carbocycles. The Kier molecular flexibility index (Phi) is 8.32. The lowest BCUT2D eigenvalue weighted by molar-refractivity contribution is 0.231. The van der Waals surface area contributed by atoms with Crippen LogP contribution in [0.5, 0.6) is 5.75 Å². The minimum atomic E-state index is -2.49. The fourth-order valence-corrected chi connectivity index (χ4v) is 5.57. The summed E-state index contributed by atoms with van der Waals surface area (Å²) in [7, 11) is -0.827. The van der Waals surface area contributed by atoms with E-state index in [0.29, 0.717) is 22.5 Å². The molecule has 1 aliphatic rings. The fraction of sp³-hybridized carbons (Fsp3) is 0.385. The number of ether oxygens (including phenoxy) is 1. The molecule has 2 heterocycles. The van der Waals surface area contributed by atoms with Crippen molar-refractivity contribution in [2.75, 3.05) is 50.7 Å². The van der Waals surface area contributed by atoms with Crippen molar-refractivity contribution in [3.8, 4) is 5.75 Å². The summed E-state index contributed by atoms with van der Waals surface area (Å²) in [6.07, 6.45) is 6.47. The van der Waals surface area contributed by atoms with Gasteiger partial charge in [-0.3, -0.25) is 0 Å². The van der Waals surface area contributed by atoms with Crippen LogP contribution in [-0.4, -0.2) is 54.9 Å². The number of para-hydroxylation sites is 1. The number of rotatable bonds is 9. The largest absolute Gasteiger partial charge is 0.495 e. The van der Waals surface area contributed by atoms with Gasteiger partial charge in [0.15, 0.2) is 5.82 Å². The Labute approximate surface area is 212 Å². The molecule has 2 aromatic carbocycles. The van der Waals surface area contributed by atoms with Crippen LogP contribution in [0.4, 0.5) is 23.1 Å². The summed E-state index contributed by atoms with van der Waals surface area (Å²) >= 11 is 6.38. The quantitative estimate of drug-likeness (QED) is 0.345. The van der Waals surface area contributed by atoms with Gasteiger partial charge in [0.2, 0.25) is 5.95 Å². The van der Waals surface area contributed by atoms with E-state index in [-0.39, 0.29) is 0 Å². The second kappa shape index (κ2) is 11.4. The Balaban J connectivity index is 1.50. The number of piperidine rings is 1. The fourth-order valence-electron chi connectivity index (χ4n) is 4.28. The maximum Gasteiger partial charge on any atom is 0.229 e. The maximum absolute atomic E-state index is 12.7. The minimum Gasteiger partial charge on any atom is -0.495 e. The van der Waals surface area contributed by atoms with Crippen molar-refractivity contribution in [1.29, 1.82) is 0 Å². The van der Waals surface area contributed by atoms with Crippen molar-refractivity contribution >= 4 is 47.2 Å².